The summed E-state index contributed by atoms with van der Waals surface area (Å²) in [4.78, 5) is 0. The van der Waals surface area contributed by atoms with Gasteiger partial charge in [0.05, 0.1) is 10.7 Å². The van der Waals surface area contributed by atoms with E-state index in [0.717, 1.165) is 16.8 Å². The van der Waals surface area contributed by atoms with Crippen molar-refractivity contribution < 1.29 is 5.11 Å². The molecule has 0 spiro atoms. The second-order valence-corrected chi connectivity index (χ2v) is 3.65. The summed E-state index contributed by atoms with van der Waals surface area (Å²) in [5, 5.41) is 16.4. The van der Waals surface area contributed by atoms with Gasteiger partial charge in [0.2, 0.25) is 0 Å². The molecule has 0 unspecified atom stereocenters. The van der Waals surface area contributed by atoms with Gasteiger partial charge in [-0.3, -0.25) is 5.10 Å². The predicted molar refractivity (Wildman–Crippen MR) is 67.1 cm³/mol. The topological polar surface area (TPSA) is 48.9 Å². The Labute approximate surface area is 105 Å². The summed E-state index contributed by atoms with van der Waals surface area (Å²) in [6, 6.07) is 7.56. The van der Waals surface area contributed by atoms with Gasteiger partial charge in [-0.25, -0.2) is 0 Å². The van der Waals surface area contributed by atoms with E-state index in [1.165, 1.54) is 0 Å². The van der Waals surface area contributed by atoms with Gasteiger partial charge in [0, 0.05) is 18.4 Å². The molecular weight excluding hydrogens is 247 g/mol. The van der Waals surface area contributed by atoms with E-state index in [0.29, 0.717) is 11.4 Å². The molecule has 1 aromatic heterocycles. The Morgan fingerprint density at radius 3 is 2.75 bits per heavy atom. The molecule has 0 aliphatic heterocycles. The number of nitrogens with zero attached hydrogens (tertiary/aromatic N) is 1. The Kier molecular flexibility index (Phi) is 4.80. The molecule has 0 bridgehead atoms. The Morgan fingerprint density at radius 1 is 1.31 bits per heavy atom. The summed E-state index contributed by atoms with van der Waals surface area (Å²) in [5.74, 6) is 0. The second kappa shape index (κ2) is 5.89. The number of halogens is 2. The molecule has 86 valence electrons. The SMILES string of the molecule is Cl.OCCc1ccc(Cl)c(-c2cc[nH]n2)c1. The van der Waals surface area contributed by atoms with Crippen molar-refractivity contribution in [3.63, 3.8) is 0 Å². The van der Waals surface area contributed by atoms with Crippen molar-refractivity contribution in [2.24, 2.45) is 0 Å². The van der Waals surface area contributed by atoms with Crippen molar-refractivity contribution in [3.8, 4) is 11.3 Å². The lowest BCUT2D eigenvalue weighted by Crippen LogP contribution is -1.91. The number of nitrogens with one attached hydrogen (secondary N) is 1. The van der Waals surface area contributed by atoms with E-state index in [2.05, 4.69) is 10.2 Å². The summed E-state index contributed by atoms with van der Waals surface area (Å²) in [6.07, 6.45) is 2.39. The number of H-pyrrole nitrogens is 1. The molecule has 0 fully saturated rings. The highest BCUT2D eigenvalue weighted by molar-refractivity contribution is 6.33. The summed E-state index contributed by atoms with van der Waals surface area (Å²) in [5.41, 5.74) is 2.77. The van der Waals surface area contributed by atoms with Gasteiger partial charge >= 0.3 is 0 Å². The average molecular weight is 259 g/mol. The van der Waals surface area contributed by atoms with E-state index in [1.54, 1.807) is 6.20 Å². The van der Waals surface area contributed by atoms with Crippen LogP contribution in [0.4, 0.5) is 0 Å². The van der Waals surface area contributed by atoms with Crippen molar-refractivity contribution in [2.45, 2.75) is 6.42 Å². The first-order chi connectivity index (χ1) is 7.31. The molecule has 2 rings (SSSR count). The zero-order chi connectivity index (χ0) is 10.7. The molecule has 3 nitrogen and oxygen atoms in total. The molecular formula is C11H12Cl2N2O. The normalized spacial score (nSPS) is 9.88. The van der Waals surface area contributed by atoms with Gasteiger partial charge in [-0.05, 0) is 30.2 Å². The third kappa shape index (κ3) is 2.76. The third-order valence-corrected chi connectivity index (χ3v) is 2.54. The standard InChI is InChI=1S/C11H11ClN2O.ClH/c12-10-2-1-8(4-6-15)7-9(10)11-3-5-13-14-11;/h1-3,5,7,15H,4,6H2,(H,13,14);1H. The molecule has 0 saturated heterocycles. The van der Waals surface area contributed by atoms with Gasteiger partial charge < -0.3 is 5.11 Å². The van der Waals surface area contributed by atoms with Gasteiger partial charge in [-0.1, -0.05) is 17.7 Å². The summed E-state index contributed by atoms with van der Waals surface area (Å²) >= 11 is 6.07. The fraction of sp³-hybridized carbons (Fsp3) is 0.182. The molecule has 5 heteroatoms. The molecule has 2 N–H and O–H groups in total. The molecule has 0 amide bonds. The number of rotatable bonds is 3. The zero-order valence-corrected chi connectivity index (χ0v) is 10.1. The number of hydrogen-bond donors (Lipinski definition) is 2. The van der Waals surface area contributed by atoms with Crippen LogP contribution in [-0.2, 0) is 6.42 Å². The largest absolute Gasteiger partial charge is 0.396 e. The lowest BCUT2D eigenvalue weighted by atomic mass is 10.1. The maximum atomic E-state index is 8.86. The van der Waals surface area contributed by atoms with Gasteiger partial charge in [0.15, 0.2) is 0 Å². The first-order valence-electron chi connectivity index (χ1n) is 4.70. The smallest absolute Gasteiger partial charge is 0.0935 e. The highest BCUT2D eigenvalue weighted by Crippen LogP contribution is 2.27. The van der Waals surface area contributed by atoms with Crippen LogP contribution in [0, 0.1) is 0 Å². The summed E-state index contributed by atoms with van der Waals surface area (Å²) in [6.45, 7) is 0.141. The quantitative estimate of drug-likeness (QED) is 0.890. The second-order valence-electron chi connectivity index (χ2n) is 3.25. The van der Waals surface area contributed by atoms with Gasteiger partial charge in [-0.15, -0.1) is 12.4 Å². The van der Waals surface area contributed by atoms with Gasteiger partial charge in [0.1, 0.15) is 0 Å². The predicted octanol–water partition coefficient (Wildman–Crippen LogP) is 2.69. The third-order valence-electron chi connectivity index (χ3n) is 2.21. The summed E-state index contributed by atoms with van der Waals surface area (Å²) < 4.78 is 0. The highest BCUT2D eigenvalue weighted by atomic mass is 35.5. The van der Waals surface area contributed by atoms with Crippen molar-refractivity contribution in [1.29, 1.82) is 0 Å². The van der Waals surface area contributed by atoms with Crippen LogP contribution in [0.25, 0.3) is 11.3 Å². The van der Waals surface area contributed by atoms with Crippen molar-refractivity contribution in [3.05, 3.63) is 41.0 Å². The minimum atomic E-state index is 0. The van der Waals surface area contributed by atoms with Gasteiger partial charge in [-0.2, -0.15) is 5.10 Å². The van der Waals surface area contributed by atoms with E-state index in [4.69, 9.17) is 16.7 Å². The first kappa shape index (κ1) is 13.0. The summed E-state index contributed by atoms with van der Waals surface area (Å²) in [7, 11) is 0. The minimum absolute atomic E-state index is 0. The highest BCUT2D eigenvalue weighted by Gasteiger charge is 2.06. The molecule has 0 aliphatic carbocycles. The Balaban J connectivity index is 0.00000128. The van der Waals surface area contributed by atoms with E-state index < -0.39 is 0 Å². The lowest BCUT2D eigenvalue weighted by molar-refractivity contribution is 0.299. The van der Waals surface area contributed by atoms with E-state index in [1.807, 2.05) is 24.3 Å². The number of hydrogen-bond acceptors (Lipinski definition) is 2. The lowest BCUT2D eigenvalue weighted by Gasteiger charge is -2.04. The molecule has 2 aromatic rings. The number of aliphatic hydroxyl groups excluding tert-OH is 1. The minimum Gasteiger partial charge on any atom is -0.396 e. The average Bonchev–Trinajstić information content (AvgIpc) is 2.74. The molecule has 16 heavy (non-hydrogen) atoms. The fourth-order valence-corrected chi connectivity index (χ4v) is 1.68. The van der Waals surface area contributed by atoms with Crippen LogP contribution in [0.2, 0.25) is 5.02 Å². The number of aliphatic hydroxyl groups is 1. The Morgan fingerprint density at radius 2 is 2.12 bits per heavy atom. The first-order valence-corrected chi connectivity index (χ1v) is 5.08. The number of aromatic nitrogens is 2. The van der Waals surface area contributed by atoms with Crippen molar-refractivity contribution in [2.75, 3.05) is 6.61 Å². The van der Waals surface area contributed by atoms with Crippen molar-refractivity contribution >= 4 is 24.0 Å². The van der Waals surface area contributed by atoms with Crippen LogP contribution >= 0.6 is 24.0 Å². The van der Waals surface area contributed by atoms with Crippen molar-refractivity contribution in [1.82, 2.24) is 10.2 Å². The maximum Gasteiger partial charge on any atom is 0.0935 e. The number of aromatic amines is 1. The molecule has 0 saturated carbocycles. The molecule has 1 aromatic carbocycles. The maximum absolute atomic E-state index is 8.86. The molecule has 1 heterocycles. The molecule has 0 radical (unpaired) electrons. The monoisotopic (exact) mass is 258 g/mol. The van der Waals surface area contributed by atoms with Crippen LogP contribution in [-0.4, -0.2) is 21.9 Å². The Bertz CT molecular complexity index is 443. The van der Waals surface area contributed by atoms with Crippen LogP contribution < -0.4 is 0 Å². The fourth-order valence-electron chi connectivity index (χ4n) is 1.46. The zero-order valence-electron chi connectivity index (χ0n) is 8.48. The van der Waals surface area contributed by atoms with Crippen LogP contribution in [0.5, 0.6) is 0 Å². The molecule has 0 aliphatic rings. The number of benzene rings is 1. The van der Waals surface area contributed by atoms with Crippen LogP contribution in [0.15, 0.2) is 30.5 Å². The van der Waals surface area contributed by atoms with Gasteiger partial charge in [0.25, 0.3) is 0 Å². The van der Waals surface area contributed by atoms with E-state index in [-0.39, 0.29) is 19.0 Å². The van der Waals surface area contributed by atoms with E-state index in [9.17, 15) is 0 Å². The molecule has 0 atom stereocenters. The van der Waals surface area contributed by atoms with Crippen LogP contribution in [0.1, 0.15) is 5.56 Å². The van der Waals surface area contributed by atoms with Crippen LogP contribution in [0.3, 0.4) is 0 Å². The Hall–Kier alpha value is -1.03. The van der Waals surface area contributed by atoms with E-state index >= 15 is 0 Å².